The van der Waals surface area contributed by atoms with Gasteiger partial charge in [0.05, 0.1) is 17.1 Å². The molecule has 0 unspecified atom stereocenters. The largest absolute Gasteiger partial charge is 0.493 e. The number of amides is 1. The van der Waals surface area contributed by atoms with Crippen LogP contribution in [-0.4, -0.2) is 20.9 Å². The normalized spacial score (nSPS) is 11.2. The van der Waals surface area contributed by atoms with Crippen molar-refractivity contribution >= 4 is 15.9 Å². The van der Waals surface area contributed by atoms with E-state index in [0.717, 1.165) is 24.8 Å². The van der Waals surface area contributed by atoms with Crippen molar-refractivity contribution in [2.75, 3.05) is 6.61 Å². The lowest BCUT2D eigenvalue weighted by Gasteiger charge is -2.12. The highest BCUT2D eigenvalue weighted by Gasteiger charge is 2.12. The van der Waals surface area contributed by atoms with Gasteiger partial charge in [0.1, 0.15) is 5.75 Å². The van der Waals surface area contributed by atoms with Crippen LogP contribution in [0.2, 0.25) is 0 Å². The average molecular weight is 391 g/mol. The highest BCUT2D eigenvalue weighted by Crippen LogP contribution is 2.19. The second-order valence-corrected chi connectivity index (χ2v) is 7.84. The maximum atomic E-state index is 12.5. The standard InChI is InChI=1S/C20H26N2O4S/c1-2-3-4-7-14-26-19-9-6-5-8-18(19)20(23)22-15-16-10-12-17(13-11-16)27(21,24)25/h5-6,8-13H,2-4,7,14-15H2,1H3,(H,22,23)(H2,21,24,25). The molecule has 146 valence electrons. The summed E-state index contributed by atoms with van der Waals surface area (Å²) in [6, 6.07) is 13.2. The third kappa shape index (κ3) is 6.69. The number of hydrogen-bond acceptors (Lipinski definition) is 4. The number of unbranched alkanes of at least 4 members (excludes halogenated alkanes) is 3. The second kappa shape index (κ2) is 10.1. The van der Waals surface area contributed by atoms with Crippen LogP contribution in [-0.2, 0) is 16.6 Å². The van der Waals surface area contributed by atoms with Crippen LogP contribution < -0.4 is 15.2 Å². The molecule has 2 aromatic carbocycles. The van der Waals surface area contributed by atoms with Gasteiger partial charge in [-0.1, -0.05) is 50.5 Å². The molecule has 0 aliphatic carbocycles. The van der Waals surface area contributed by atoms with Crippen LogP contribution in [0, 0.1) is 0 Å². The number of para-hydroxylation sites is 1. The SMILES string of the molecule is CCCCCCOc1ccccc1C(=O)NCc1ccc(S(N)(=O)=O)cc1. The molecule has 0 atom stereocenters. The van der Waals surface area contributed by atoms with Gasteiger partial charge in [-0.25, -0.2) is 13.6 Å². The van der Waals surface area contributed by atoms with E-state index in [9.17, 15) is 13.2 Å². The number of benzene rings is 2. The Labute approximate surface area is 160 Å². The number of nitrogens with one attached hydrogen (secondary N) is 1. The molecule has 0 radical (unpaired) electrons. The molecule has 0 aromatic heterocycles. The topological polar surface area (TPSA) is 98.5 Å². The zero-order valence-corrected chi connectivity index (χ0v) is 16.3. The van der Waals surface area contributed by atoms with Crippen molar-refractivity contribution in [2.45, 2.75) is 44.0 Å². The van der Waals surface area contributed by atoms with Gasteiger partial charge in [-0.15, -0.1) is 0 Å². The zero-order chi connectivity index (χ0) is 19.7. The number of primary sulfonamides is 1. The first-order chi connectivity index (χ1) is 12.9. The highest BCUT2D eigenvalue weighted by atomic mass is 32.2. The van der Waals surface area contributed by atoms with Gasteiger partial charge in [-0.3, -0.25) is 4.79 Å². The lowest BCUT2D eigenvalue weighted by molar-refractivity contribution is 0.0946. The predicted molar refractivity (Wildman–Crippen MR) is 105 cm³/mol. The molecule has 0 saturated heterocycles. The molecule has 6 nitrogen and oxygen atoms in total. The molecule has 0 heterocycles. The van der Waals surface area contributed by atoms with E-state index in [-0.39, 0.29) is 17.3 Å². The molecule has 3 N–H and O–H groups in total. The minimum absolute atomic E-state index is 0.0411. The number of hydrogen-bond donors (Lipinski definition) is 2. The van der Waals surface area contributed by atoms with Crippen LogP contribution in [0.4, 0.5) is 0 Å². The van der Waals surface area contributed by atoms with Crippen molar-refractivity contribution in [1.82, 2.24) is 5.32 Å². The van der Waals surface area contributed by atoms with Crippen molar-refractivity contribution < 1.29 is 17.9 Å². The molecule has 0 bridgehead atoms. The van der Waals surface area contributed by atoms with Crippen LogP contribution in [0.5, 0.6) is 5.75 Å². The number of sulfonamides is 1. The number of ether oxygens (including phenoxy) is 1. The number of carbonyl (C=O) groups is 1. The van der Waals surface area contributed by atoms with Crippen LogP contribution >= 0.6 is 0 Å². The third-order valence-electron chi connectivity index (χ3n) is 4.09. The highest BCUT2D eigenvalue weighted by molar-refractivity contribution is 7.89. The second-order valence-electron chi connectivity index (χ2n) is 6.28. The fraction of sp³-hybridized carbons (Fsp3) is 0.350. The Morgan fingerprint density at radius 3 is 2.41 bits per heavy atom. The Morgan fingerprint density at radius 2 is 1.74 bits per heavy atom. The van der Waals surface area contributed by atoms with Crippen molar-refractivity contribution in [1.29, 1.82) is 0 Å². The van der Waals surface area contributed by atoms with E-state index in [2.05, 4.69) is 12.2 Å². The van der Waals surface area contributed by atoms with E-state index in [1.807, 2.05) is 6.07 Å². The van der Waals surface area contributed by atoms with E-state index >= 15 is 0 Å². The van der Waals surface area contributed by atoms with Gasteiger partial charge in [-0.2, -0.15) is 0 Å². The predicted octanol–water partition coefficient (Wildman–Crippen LogP) is 3.22. The van der Waals surface area contributed by atoms with E-state index < -0.39 is 10.0 Å². The number of rotatable bonds is 10. The fourth-order valence-corrected chi connectivity index (χ4v) is 3.08. The van der Waals surface area contributed by atoms with Crippen molar-refractivity contribution in [3.05, 3.63) is 59.7 Å². The summed E-state index contributed by atoms with van der Waals surface area (Å²) in [6.07, 6.45) is 4.41. The smallest absolute Gasteiger partial charge is 0.255 e. The van der Waals surface area contributed by atoms with E-state index in [1.54, 1.807) is 30.3 Å². The van der Waals surface area contributed by atoms with Gasteiger partial charge in [-0.05, 0) is 36.2 Å². The molecule has 2 rings (SSSR count). The molecular formula is C20H26N2O4S. The van der Waals surface area contributed by atoms with Crippen LogP contribution in [0.25, 0.3) is 0 Å². The quantitative estimate of drug-likeness (QED) is 0.609. The molecule has 2 aromatic rings. The molecular weight excluding hydrogens is 364 g/mol. The first-order valence-electron chi connectivity index (χ1n) is 9.03. The Hall–Kier alpha value is -2.38. The van der Waals surface area contributed by atoms with Gasteiger partial charge in [0.15, 0.2) is 0 Å². The van der Waals surface area contributed by atoms with Crippen molar-refractivity contribution in [2.24, 2.45) is 5.14 Å². The van der Waals surface area contributed by atoms with Crippen LogP contribution in [0.1, 0.15) is 48.5 Å². The molecule has 0 aliphatic rings. The number of nitrogens with two attached hydrogens (primary N) is 1. The molecule has 27 heavy (non-hydrogen) atoms. The Kier molecular flexibility index (Phi) is 7.82. The summed E-state index contributed by atoms with van der Waals surface area (Å²) in [6.45, 7) is 3.01. The molecule has 0 spiro atoms. The zero-order valence-electron chi connectivity index (χ0n) is 15.5. The van der Waals surface area contributed by atoms with Gasteiger partial charge in [0.25, 0.3) is 5.91 Å². The third-order valence-corrected chi connectivity index (χ3v) is 5.02. The molecule has 0 aliphatic heterocycles. The Balaban J connectivity index is 1.94. The molecule has 7 heteroatoms. The van der Waals surface area contributed by atoms with Gasteiger partial charge < -0.3 is 10.1 Å². The maximum Gasteiger partial charge on any atom is 0.255 e. The van der Waals surface area contributed by atoms with Crippen LogP contribution in [0.3, 0.4) is 0 Å². The summed E-state index contributed by atoms with van der Waals surface area (Å²) >= 11 is 0. The summed E-state index contributed by atoms with van der Waals surface area (Å²) in [7, 11) is -3.72. The van der Waals surface area contributed by atoms with Crippen LogP contribution in [0.15, 0.2) is 53.4 Å². The first kappa shape index (κ1) is 20.9. The maximum absolute atomic E-state index is 12.5. The molecule has 0 saturated carbocycles. The molecule has 0 fully saturated rings. The number of carbonyl (C=O) groups excluding carboxylic acids is 1. The summed E-state index contributed by atoms with van der Waals surface area (Å²) in [5, 5.41) is 7.90. The summed E-state index contributed by atoms with van der Waals surface area (Å²) in [5.41, 5.74) is 1.25. The summed E-state index contributed by atoms with van der Waals surface area (Å²) < 4.78 is 28.3. The summed E-state index contributed by atoms with van der Waals surface area (Å²) in [4.78, 5) is 12.5. The summed E-state index contributed by atoms with van der Waals surface area (Å²) in [5.74, 6) is 0.325. The van der Waals surface area contributed by atoms with Gasteiger partial charge in [0.2, 0.25) is 10.0 Å². The minimum atomic E-state index is -3.72. The van der Waals surface area contributed by atoms with Gasteiger partial charge in [0, 0.05) is 6.54 Å². The Bertz CT molecular complexity index is 849. The monoisotopic (exact) mass is 390 g/mol. The van der Waals surface area contributed by atoms with Crippen molar-refractivity contribution in [3.8, 4) is 5.75 Å². The molecule has 1 amide bonds. The first-order valence-corrected chi connectivity index (χ1v) is 10.6. The Morgan fingerprint density at radius 1 is 1.04 bits per heavy atom. The lowest BCUT2D eigenvalue weighted by atomic mass is 10.1. The fourth-order valence-electron chi connectivity index (χ4n) is 2.57. The van der Waals surface area contributed by atoms with Gasteiger partial charge >= 0.3 is 0 Å². The van der Waals surface area contributed by atoms with Crippen molar-refractivity contribution in [3.63, 3.8) is 0 Å². The van der Waals surface area contributed by atoms with E-state index in [0.29, 0.717) is 17.9 Å². The minimum Gasteiger partial charge on any atom is -0.493 e. The van der Waals surface area contributed by atoms with E-state index in [4.69, 9.17) is 9.88 Å². The average Bonchev–Trinajstić information content (AvgIpc) is 2.66. The van der Waals surface area contributed by atoms with E-state index in [1.165, 1.54) is 18.6 Å². The lowest BCUT2D eigenvalue weighted by Crippen LogP contribution is -2.23.